The third kappa shape index (κ3) is 3.84. The molecule has 2 aromatic rings. The van der Waals surface area contributed by atoms with Crippen LogP contribution in [0.15, 0.2) is 30.5 Å². The fraction of sp³-hybridized carbons (Fsp3) is 0.529. The Morgan fingerprint density at radius 3 is 2.83 bits per heavy atom. The number of hydrogen-bond acceptors (Lipinski definition) is 4. The number of sulfonamides is 1. The van der Waals surface area contributed by atoms with Crippen molar-refractivity contribution in [1.82, 2.24) is 19.1 Å². The molecule has 1 aliphatic heterocycles. The Hall–Kier alpha value is -1.73. The summed E-state index contributed by atoms with van der Waals surface area (Å²) in [5, 5.41) is 4.36. The summed E-state index contributed by atoms with van der Waals surface area (Å²) >= 11 is 0. The average molecular weight is 348 g/mol. The van der Waals surface area contributed by atoms with Crippen LogP contribution < -0.4 is 0 Å². The number of rotatable bonds is 6. The molecule has 0 saturated carbocycles. The highest BCUT2D eigenvalue weighted by molar-refractivity contribution is 7.88. The van der Waals surface area contributed by atoms with Gasteiger partial charge in [-0.3, -0.25) is 9.67 Å². The molecule has 1 fully saturated rings. The lowest BCUT2D eigenvalue weighted by Gasteiger charge is -2.13. The molecule has 24 heavy (non-hydrogen) atoms. The van der Waals surface area contributed by atoms with Crippen LogP contribution in [0.3, 0.4) is 0 Å². The van der Waals surface area contributed by atoms with E-state index in [1.54, 1.807) is 10.5 Å². The Balaban J connectivity index is 1.73. The van der Waals surface area contributed by atoms with Crippen LogP contribution in [-0.4, -0.2) is 46.8 Å². The molecule has 0 radical (unpaired) electrons. The highest BCUT2D eigenvalue weighted by Gasteiger charge is 2.28. The molecule has 6 nitrogen and oxygen atoms in total. The molecule has 130 valence electrons. The SMILES string of the molecule is CCCn1nccc1-c1cccc(C[C@@H]2CCN(S(C)(=O)=O)C2)n1. The van der Waals surface area contributed by atoms with Crippen LogP contribution in [0.5, 0.6) is 0 Å². The molecule has 1 saturated heterocycles. The Morgan fingerprint density at radius 2 is 2.12 bits per heavy atom. The van der Waals surface area contributed by atoms with Crippen molar-refractivity contribution in [1.29, 1.82) is 0 Å². The van der Waals surface area contributed by atoms with Crippen LogP contribution in [0.1, 0.15) is 25.5 Å². The van der Waals surface area contributed by atoms with E-state index in [1.165, 1.54) is 6.26 Å². The number of aromatic nitrogens is 3. The largest absolute Gasteiger partial charge is 0.263 e. The number of nitrogens with zero attached hydrogens (tertiary/aromatic N) is 4. The minimum absolute atomic E-state index is 0.336. The molecule has 0 bridgehead atoms. The summed E-state index contributed by atoms with van der Waals surface area (Å²) < 4.78 is 26.8. The molecule has 1 aliphatic rings. The fourth-order valence-electron chi connectivity index (χ4n) is 3.24. The molecule has 1 atom stereocenters. The fourth-order valence-corrected chi connectivity index (χ4v) is 4.16. The van der Waals surface area contributed by atoms with Gasteiger partial charge in [-0.1, -0.05) is 13.0 Å². The molecule has 2 aromatic heterocycles. The van der Waals surface area contributed by atoms with Crippen molar-refractivity contribution in [2.45, 2.75) is 32.7 Å². The molecule has 3 heterocycles. The summed E-state index contributed by atoms with van der Waals surface area (Å²) in [4.78, 5) is 4.78. The number of aryl methyl sites for hydroxylation is 1. The summed E-state index contributed by atoms with van der Waals surface area (Å²) in [6, 6.07) is 8.03. The van der Waals surface area contributed by atoms with Crippen LogP contribution in [0.4, 0.5) is 0 Å². The van der Waals surface area contributed by atoms with Gasteiger partial charge in [-0.15, -0.1) is 0 Å². The van der Waals surface area contributed by atoms with Crippen LogP contribution in [-0.2, 0) is 23.0 Å². The highest BCUT2D eigenvalue weighted by Crippen LogP contribution is 2.23. The second-order valence-corrected chi connectivity index (χ2v) is 8.42. The molecule has 0 spiro atoms. The quantitative estimate of drug-likeness (QED) is 0.802. The number of hydrogen-bond donors (Lipinski definition) is 0. The van der Waals surface area contributed by atoms with E-state index >= 15 is 0 Å². The normalized spacial score (nSPS) is 19.0. The van der Waals surface area contributed by atoms with E-state index < -0.39 is 10.0 Å². The van der Waals surface area contributed by atoms with E-state index in [4.69, 9.17) is 4.98 Å². The van der Waals surface area contributed by atoms with Crippen LogP contribution >= 0.6 is 0 Å². The monoisotopic (exact) mass is 348 g/mol. The van der Waals surface area contributed by atoms with E-state index in [0.29, 0.717) is 19.0 Å². The minimum atomic E-state index is -3.08. The first-order valence-corrected chi connectivity index (χ1v) is 10.3. The molecule has 3 rings (SSSR count). The van der Waals surface area contributed by atoms with Crippen molar-refractivity contribution in [3.8, 4) is 11.4 Å². The Bertz CT molecular complexity index is 800. The lowest BCUT2D eigenvalue weighted by atomic mass is 10.0. The van der Waals surface area contributed by atoms with Gasteiger partial charge in [0.05, 0.1) is 17.6 Å². The van der Waals surface area contributed by atoms with Crippen LogP contribution in [0.2, 0.25) is 0 Å². The average Bonchev–Trinajstić information content (AvgIpc) is 3.17. The van der Waals surface area contributed by atoms with Gasteiger partial charge in [-0.25, -0.2) is 12.7 Å². The van der Waals surface area contributed by atoms with Crippen molar-refractivity contribution in [2.75, 3.05) is 19.3 Å². The molecule has 0 aromatic carbocycles. The molecule has 0 amide bonds. The van der Waals surface area contributed by atoms with Crippen molar-refractivity contribution in [3.05, 3.63) is 36.2 Å². The van der Waals surface area contributed by atoms with Gasteiger partial charge in [0.1, 0.15) is 0 Å². The molecule has 0 N–H and O–H groups in total. The van der Waals surface area contributed by atoms with E-state index in [1.807, 2.05) is 28.9 Å². The van der Waals surface area contributed by atoms with Gasteiger partial charge in [0.2, 0.25) is 10.0 Å². The zero-order valence-corrected chi connectivity index (χ0v) is 15.0. The van der Waals surface area contributed by atoms with Gasteiger partial charge >= 0.3 is 0 Å². The highest BCUT2D eigenvalue weighted by atomic mass is 32.2. The van der Waals surface area contributed by atoms with Crippen molar-refractivity contribution < 1.29 is 8.42 Å². The minimum Gasteiger partial charge on any atom is -0.263 e. The zero-order valence-electron chi connectivity index (χ0n) is 14.2. The predicted octanol–water partition coefficient (Wildman–Crippen LogP) is 2.18. The lowest BCUT2D eigenvalue weighted by Crippen LogP contribution is -2.27. The first-order chi connectivity index (χ1) is 11.5. The summed E-state index contributed by atoms with van der Waals surface area (Å²) in [7, 11) is -3.08. The molecule has 0 unspecified atom stereocenters. The molecular formula is C17H24N4O2S. The van der Waals surface area contributed by atoms with E-state index in [-0.39, 0.29) is 0 Å². The maximum absolute atomic E-state index is 11.6. The second kappa shape index (κ2) is 7.03. The van der Waals surface area contributed by atoms with E-state index in [2.05, 4.69) is 12.0 Å². The van der Waals surface area contributed by atoms with Crippen molar-refractivity contribution >= 4 is 10.0 Å². The third-order valence-corrected chi connectivity index (χ3v) is 5.71. The van der Waals surface area contributed by atoms with E-state index in [9.17, 15) is 8.42 Å². The first kappa shape index (κ1) is 17.1. The standard InChI is InChI=1S/C17H24N4O2S/c1-3-10-21-17(7-9-18-21)16-6-4-5-15(19-16)12-14-8-11-20(13-14)24(2,22)23/h4-7,9,14H,3,8,10-13H2,1-2H3/t14-/m0/s1. The van der Waals surface area contributed by atoms with Gasteiger partial charge in [0.15, 0.2) is 0 Å². The van der Waals surface area contributed by atoms with Gasteiger partial charge in [0.25, 0.3) is 0 Å². The maximum Gasteiger partial charge on any atom is 0.211 e. The molecular weight excluding hydrogens is 324 g/mol. The van der Waals surface area contributed by atoms with Crippen LogP contribution in [0.25, 0.3) is 11.4 Å². The maximum atomic E-state index is 11.6. The topological polar surface area (TPSA) is 68.1 Å². The molecule has 7 heteroatoms. The number of pyridine rings is 1. The predicted molar refractivity (Wildman–Crippen MR) is 94.0 cm³/mol. The Kier molecular flexibility index (Phi) is 5.01. The van der Waals surface area contributed by atoms with E-state index in [0.717, 1.165) is 42.9 Å². The van der Waals surface area contributed by atoms with Gasteiger partial charge in [-0.05, 0) is 43.4 Å². The first-order valence-electron chi connectivity index (χ1n) is 8.40. The Labute approximate surface area is 143 Å². The zero-order chi connectivity index (χ0) is 17.2. The van der Waals surface area contributed by atoms with Gasteiger partial charge in [-0.2, -0.15) is 5.10 Å². The summed E-state index contributed by atoms with van der Waals surface area (Å²) in [6.45, 7) is 4.22. The van der Waals surface area contributed by atoms with Crippen molar-refractivity contribution in [3.63, 3.8) is 0 Å². The summed E-state index contributed by atoms with van der Waals surface area (Å²) in [5.41, 5.74) is 2.97. The second-order valence-electron chi connectivity index (χ2n) is 6.43. The smallest absolute Gasteiger partial charge is 0.211 e. The van der Waals surface area contributed by atoms with Gasteiger partial charge < -0.3 is 0 Å². The Morgan fingerprint density at radius 1 is 1.29 bits per heavy atom. The summed E-state index contributed by atoms with van der Waals surface area (Å²) in [6.07, 6.45) is 5.82. The van der Waals surface area contributed by atoms with Crippen LogP contribution in [0, 0.1) is 5.92 Å². The molecule has 0 aliphatic carbocycles. The summed E-state index contributed by atoms with van der Waals surface area (Å²) in [5.74, 6) is 0.336. The lowest BCUT2D eigenvalue weighted by molar-refractivity contribution is 0.459. The third-order valence-electron chi connectivity index (χ3n) is 4.44. The van der Waals surface area contributed by atoms with Crippen molar-refractivity contribution in [2.24, 2.45) is 5.92 Å². The van der Waals surface area contributed by atoms with Gasteiger partial charge in [0, 0.05) is 31.5 Å².